The van der Waals surface area contributed by atoms with E-state index in [1.807, 2.05) is 37.4 Å². The van der Waals surface area contributed by atoms with E-state index >= 15 is 0 Å². The van der Waals surface area contributed by atoms with Gasteiger partial charge in [0.25, 0.3) is 0 Å². The van der Waals surface area contributed by atoms with Gasteiger partial charge in [-0.25, -0.2) is 4.79 Å². The summed E-state index contributed by atoms with van der Waals surface area (Å²) < 4.78 is 5.45. The van der Waals surface area contributed by atoms with Crippen LogP contribution in [0.1, 0.15) is 77.5 Å². The average Bonchev–Trinajstić information content (AvgIpc) is 3.49. The van der Waals surface area contributed by atoms with Gasteiger partial charge in [-0.3, -0.25) is 9.59 Å². The number of carbonyl (C=O) groups excluding carboxylic acids is 3. The summed E-state index contributed by atoms with van der Waals surface area (Å²) >= 11 is 1.61. The third kappa shape index (κ3) is 8.74. The Kier molecular flexibility index (Phi) is 10.9. The predicted molar refractivity (Wildman–Crippen MR) is 142 cm³/mol. The van der Waals surface area contributed by atoms with Gasteiger partial charge in [0.2, 0.25) is 11.8 Å². The first-order valence-corrected chi connectivity index (χ1v) is 14.0. The van der Waals surface area contributed by atoms with E-state index in [0.29, 0.717) is 18.7 Å². The summed E-state index contributed by atoms with van der Waals surface area (Å²) in [5, 5.41) is 5.85. The fourth-order valence-electron chi connectivity index (χ4n) is 4.09. The highest BCUT2D eigenvalue weighted by Crippen LogP contribution is 2.41. The van der Waals surface area contributed by atoms with Crippen LogP contribution in [0.4, 0.5) is 4.79 Å². The van der Waals surface area contributed by atoms with Crippen molar-refractivity contribution in [1.29, 1.82) is 0 Å². The molecule has 0 saturated heterocycles. The van der Waals surface area contributed by atoms with Crippen LogP contribution in [-0.4, -0.2) is 59.0 Å². The van der Waals surface area contributed by atoms with Crippen molar-refractivity contribution in [1.82, 2.24) is 15.5 Å². The Morgan fingerprint density at radius 2 is 1.89 bits per heavy atom. The Morgan fingerprint density at radius 3 is 2.43 bits per heavy atom. The number of carbonyl (C=O) groups is 3. The minimum atomic E-state index is -0.778. The van der Waals surface area contributed by atoms with E-state index < -0.39 is 23.8 Å². The van der Waals surface area contributed by atoms with Crippen molar-refractivity contribution >= 4 is 29.7 Å². The molecule has 196 valence electrons. The van der Waals surface area contributed by atoms with Crippen molar-refractivity contribution in [2.45, 2.75) is 91.0 Å². The Hall–Kier alpha value is -2.22. The van der Waals surface area contributed by atoms with Crippen LogP contribution in [0.15, 0.2) is 24.3 Å². The second-order valence-electron chi connectivity index (χ2n) is 10.4. The van der Waals surface area contributed by atoms with Crippen LogP contribution in [0.2, 0.25) is 0 Å². The zero-order valence-corrected chi connectivity index (χ0v) is 23.2. The molecule has 8 heteroatoms. The van der Waals surface area contributed by atoms with Crippen molar-refractivity contribution in [3.63, 3.8) is 0 Å². The van der Waals surface area contributed by atoms with Crippen LogP contribution in [0.5, 0.6) is 0 Å². The number of ether oxygens (including phenoxy) is 1. The van der Waals surface area contributed by atoms with Gasteiger partial charge in [0.05, 0.1) is 0 Å². The second-order valence-corrected chi connectivity index (χ2v) is 11.4. The van der Waals surface area contributed by atoms with E-state index in [4.69, 9.17) is 4.74 Å². The van der Waals surface area contributed by atoms with Crippen LogP contribution in [0.25, 0.3) is 0 Å². The van der Waals surface area contributed by atoms with Crippen molar-refractivity contribution in [3.05, 3.63) is 35.4 Å². The van der Waals surface area contributed by atoms with Crippen LogP contribution in [0, 0.1) is 12.8 Å². The molecule has 0 heterocycles. The SMILES string of the molecule is CCCCNC(=O)C(c1ccccc1C)N(C(=O)C(CCSC)NC(=O)OC(C)(C)C)C1CC1C. The highest BCUT2D eigenvalue weighted by Gasteiger charge is 2.48. The monoisotopic (exact) mass is 505 g/mol. The molecule has 1 aliphatic carbocycles. The van der Waals surface area contributed by atoms with Gasteiger partial charge in [0.15, 0.2) is 0 Å². The van der Waals surface area contributed by atoms with E-state index in [1.165, 1.54) is 0 Å². The molecule has 0 aliphatic heterocycles. The summed E-state index contributed by atoms with van der Waals surface area (Å²) in [4.78, 5) is 42.0. The minimum Gasteiger partial charge on any atom is -0.444 e. The molecule has 1 aromatic rings. The quantitative estimate of drug-likeness (QED) is 0.397. The van der Waals surface area contributed by atoms with Gasteiger partial charge in [-0.15, -0.1) is 0 Å². The molecule has 1 aromatic carbocycles. The Labute approximate surface area is 215 Å². The number of hydrogen-bond donors (Lipinski definition) is 2. The first kappa shape index (κ1) is 29.0. The van der Waals surface area contributed by atoms with E-state index in [1.54, 1.807) is 37.4 Å². The number of rotatable bonds is 12. The first-order valence-electron chi connectivity index (χ1n) is 12.6. The number of nitrogens with zero attached hydrogens (tertiary/aromatic N) is 1. The average molecular weight is 506 g/mol. The first-order chi connectivity index (χ1) is 16.5. The highest BCUT2D eigenvalue weighted by molar-refractivity contribution is 7.98. The summed E-state index contributed by atoms with van der Waals surface area (Å²) in [6.07, 6.45) is 4.46. The largest absolute Gasteiger partial charge is 0.444 e. The molecule has 35 heavy (non-hydrogen) atoms. The summed E-state index contributed by atoms with van der Waals surface area (Å²) in [5.41, 5.74) is 1.09. The summed E-state index contributed by atoms with van der Waals surface area (Å²) in [5.74, 6) is 0.564. The van der Waals surface area contributed by atoms with E-state index in [9.17, 15) is 14.4 Å². The Bertz CT molecular complexity index is 870. The number of unbranched alkanes of at least 4 members (excludes halogenated alkanes) is 1. The third-order valence-corrected chi connectivity index (χ3v) is 6.76. The molecule has 3 amide bonds. The number of benzene rings is 1. The van der Waals surface area contributed by atoms with Crippen LogP contribution in [-0.2, 0) is 14.3 Å². The zero-order chi connectivity index (χ0) is 26.2. The molecular formula is C27H43N3O4S. The van der Waals surface area contributed by atoms with Gasteiger partial charge in [0, 0.05) is 12.6 Å². The van der Waals surface area contributed by atoms with E-state index in [0.717, 1.165) is 30.4 Å². The number of hydrogen-bond acceptors (Lipinski definition) is 5. The van der Waals surface area contributed by atoms with Gasteiger partial charge in [0.1, 0.15) is 17.7 Å². The molecule has 0 spiro atoms. The fraction of sp³-hybridized carbons (Fsp3) is 0.667. The number of nitrogens with one attached hydrogen (secondary N) is 2. The maximum atomic E-state index is 14.1. The van der Waals surface area contributed by atoms with E-state index in [2.05, 4.69) is 24.5 Å². The van der Waals surface area contributed by atoms with Crippen molar-refractivity contribution in [2.75, 3.05) is 18.6 Å². The molecule has 1 fully saturated rings. The van der Waals surface area contributed by atoms with Gasteiger partial charge < -0.3 is 20.3 Å². The highest BCUT2D eigenvalue weighted by atomic mass is 32.2. The van der Waals surface area contributed by atoms with Crippen molar-refractivity contribution < 1.29 is 19.1 Å². The smallest absolute Gasteiger partial charge is 0.408 e. The third-order valence-electron chi connectivity index (χ3n) is 6.12. The standard InChI is InChI=1S/C27H43N3O4S/c1-8-9-15-28-24(31)23(20-13-11-10-12-18(20)2)30(22-17-19(22)3)25(32)21(14-16-35-7)29-26(33)34-27(4,5)6/h10-13,19,21-23H,8-9,14-17H2,1-7H3,(H,28,31)(H,29,33). The zero-order valence-electron chi connectivity index (χ0n) is 22.3. The van der Waals surface area contributed by atoms with Gasteiger partial charge >= 0.3 is 6.09 Å². The summed E-state index contributed by atoms with van der Waals surface area (Å²) in [7, 11) is 0. The number of amides is 3. The van der Waals surface area contributed by atoms with Crippen LogP contribution >= 0.6 is 11.8 Å². The molecule has 0 radical (unpaired) electrons. The predicted octanol–water partition coefficient (Wildman–Crippen LogP) is 4.84. The fourth-order valence-corrected chi connectivity index (χ4v) is 4.56. The molecule has 0 bridgehead atoms. The lowest BCUT2D eigenvalue weighted by atomic mass is 9.97. The molecule has 2 rings (SSSR count). The summed E-state index contributed by atoms with van der Waals surface area (Å²) in [6.45, 7) is 12.1. The maximum Gasteiger partial charge on any atom is 0.408 e. The lowest BCUT2D eigenvalue weighted by Gasteiger charge is -2.35. The molecule has 1 aliphatic rings. The van der Waals surface area contributed by atoms with Gasteiger partial charge in [-0.2, -0.15) is 11.8 Å². The lowest BCUT2D eigenvalue weighted by Crippen LogP contribution is -2.54. The van der Waals surface area contributed by atoms with Gasteiger partial charge in [-0.05, 0) is 76.0 Å². The molecular weight excluding hydrogens is 462 g/mol. The van der Waals surface area contributed by atoms with E-state index in [-0.39, 0.29) is 23.8 Å². The second kappa shape index (κ2) is 13.2. The molecule has 7 nitrogen and oxygen atoms in total. The van der Waals surface area contributed by atoms with Crippen molar-refractivity contribution in [3.8, 4) is 0 Å². The number of thioether (sulfide) groups is 1. The molecule has 4 unspecified atom stereocenters. The molecule has 4 atom stereocenters. The maximum absolute atomic E-state index is 14.1. The van der Waals surface area contributed by atoms with Crippen molar-refractivity contribution in [2.24, 2.45) is 5.92 Å². The molecule has 1 saturated carbocycles. The van der Waals surface area contributed by atoms with Crippen LogP contribution in [0.3, 0.4) is 0 Å². The Morgan fingerprint density at radius 1 is 1.23 bits per heavy atom. The number of aryl methyl sites for hydroxylation is 1. The lowest BCUT2D eigenvalue weighted by molar-refractivity contribution is -0.143. The minimum absolute atomic E-state index is 0.0544. The summed E-state index contributed by atoms with van der Waals surface area (Å²) in [6, 6.07) is 6.13. The van der Waals surface area contributed by atoms with Gasteiger partial charge in [-0.1, -0.05) is 44.5 Å². The molecule has 0 aromatic heterocycles. The molecule has 2 N–H and O–H groups in total. The normalized spacial score (nSPS) is 18.8. The topological polar surface area (TPSA) is 87.7 Å². The number of alkyl carbamates (subject to hydrolysis) is 1. The Balaban J connectivity index is 2.44. The van der Waals surface area contributed by atoms with Crippen LogP contribution < -0.4 is 10.6 Å².